The van der Waals surface area contributed by atoms with E-state index >= 15 is 0 Å². The lowest BCUT2D eigenvalue weighted by atomic mass is 9.78. The van der Waals surface area contributed by atoms with Gasteiger partial charge in [-0.1, -0.05) is 23.5 Å². The molecule has 1 aromatic heterocycles. The second-order valence-corrected chi connectivity index (χ2v) is 9.22. The van der Waals surface area contributed by atoms with E-state index in [9.17, 15) is 22.8 Å². The highest BCUT2D eigenvalue weighted by molar-refractivity contribution is 7.17. The summed E-state index contributed by atoms with van der Waals surface area (Å²) in [6.45, 7) is 5.99. The lowest BCUT2D eigenvalue weighted by molar-refractivity contribution is -0.160. The Balaban J connectivity index is 1.94. The maximum Gasteiger partial charge on any atom is 0.395 e. The van der Waals surface area contributed by atoms with Gasteiger partial charge in [-0.2, -0.15) is 13.2 Å². The molecule has 1 aromatic rings. The van der Waals surface area contributed by atoms with Gasteiger partial charge < -0.3 is 19.9 Å². The standard InChI is InChI=1S/C21H28F3N5O3S/c1-5-6-14(21(22,23)24)9-15-13(2)29(19(31)27-17-26-10-16(32-4)33-17)12-20(15)7-8-28(11-20)18(30)25-3/h5,9-10,13-14H,1,6-8,11-12H2,2-4H3,(H,25,30)(H,26,27,31)/b15-9+/t13?,14?,20-/m0/s1. The van der Waals surface area contributed by atoms with E-state index in [2.05, 4.69) is 22.2 Å². The molecule has 1 spiro atoms. The topological polar surface area (TPSA) is 86.8 Å². The minimum absolute atomic E-state index is 0.195. The first-order valence-corrected chi connectivity index (χ1v) is 11.3. The molecule has 182 valence electrons. The number of halogens is 3. The van der Waals surface area contributed by atoms with Crippen LogP contribution in [0.15, 0.2) is 30.5 Å². The minimum Gasteiger partial charge on any atom is -0.486 e. The molecule has 0 aromatic carbocycles. The van der Waals surface area contributed by atoms with Gasteiger partial charge in [-0.3, -0.25) is 5.32 Å². The van der Waals surface area contributed by atoms with Crippen molar-refractivity contribution in [2.24, 2.45) is 11.3 Å². The number of nitrogens with zero attached hydrogens (tertiary/aromatic N) is 3. The van der Waals surface area contributed by atoms with Gasteiger partial charge in [0.2, 0.25) is 0 Å². The number of hydrogen-bond donors (Lipinski definition) is 2. The molecule has 2 N–H and O–H groups in total. The minimum atomic E-state index is -4.45. The van der Waals surface area contributed by atoms with E-state index < -0.39 is 29.6 Å². The summed E-state index contributed by atoms with van der Waals surface area (Å²) in [5.74, 6) is -1.72. The second-order valence-electron chi connectivity index (χ2n) is 8.22. The Morgan fingerprint density at radius 3 is 2.73 bits per heavy atom. The molecule has 0 bridgehead atoms. The van der Waals surface area contributed by atoms with Crippen LogP contribution in [0.2, 0.25) is 0 Å². The number of ether oxygens (including phenoxy) is 1. The molecule has 33 heavy (non-hydrogen) atoms. The van der Waals surface area contributed by atoms with E-state index in [4.69, 9.17) is 4.74 Å². The number of amides is 4. The van der Waals surface area contributed by atoms with Gasteiger partial charge in [-0.05, 0) is 25.3 Å². The molecule has 0 aliphatic carbocycles. The zero-order valence-electron chi connectivity index (χ0n) is 18.7. The van der Waals surface area contributed by atoms with Crippen LogP contribution in [-0.4, -0.2) is 72.9 Å². The number of methoxy groups -OCH3 is 1. The Morgan fingerprint density at radius 1 is 1.42 bits per heavy atom. The summed E-state index contributed by atoms with van der Waals surface area (Å²) >= 11 is 1.15. The molecule has 0 saturated carbocycles. The van der Waals surface area contributed by atoms with Crippen LogP contribution in [0, 0.1) is 11.3 Å². The van der Waals surface area contributed by atoms with Crippen LogP contribution in [0.1, 0.15) is 19.8 Å². The fraction of sp³-hybridized carbons (Fsp3) is 0.571. The van der Waals surface area contributed by atoms with E-state index in [-0.39, 0.29) is 25.5 Å². The Hall–Kier alpha value is -2.76. The van der Waals surface area contributed by atoms with E-state index in [1.54, 1.807) is 11.8 Å². The van der Waals surface area contributed by atoms with Crippen molar-refractivity contribution in [3.63, 3.8) is 0 Å². The number of likely N-dealkylation sites (tertiary alicyclic amines) is 2. The van der Waals surface area contributed by atoms with Gasteiger partial charge in [0.1, 0.15) is 0 Å². The van der Waals surface area contributed by atoms with Gasteiger partial charge in [0.15, 0.2) is 10.2 Å². The predicted octanol–water partition coefficient (Wildman–Crippen LogP) is 4.10. The molecular weight excluding hydrogens is 459 g/mol. The van der Waals surface area contributed by atoms with Crippen molar-refractivity contribution < 1.29 is 27.5 Å². The van der Waals surface area contributed by atoms with Crippen molar-refractivity contribution in [1.82, 2.24) is 20.1 Å². The van der Waals surface area contributed by atoms with Crippen molar-refractivity contribution in [2.75, 3.05) is 39.1 Å². The lowest BCUT2D eigenvalue weighted by Gasteiger charge is -2.27. The Kier molecular flexibility index (Phi) is 7.25. The number of hydrogen-bond acceptors (Lipinski definition) is 5. The molecule has 2 fully saturated rings. The van der Waals surface area contributed by atoms with E-state index in [0.717, 1.165) is 11.3 Å². The molecule has 0 radical (unpaired) electrons. The number of rotatable bonds is 5. The summed E-state index contributed by atoms with van der Waals surface area (Å²) in [5, 5.41) is 6.11. The van der Waals surface area contributed by atoms with Crippen molar-refractivity contribution in [1.29, 1.82) is 0 Å². The Labute approximate surface area is 194 Å². The fourth-order valence-electron chi connectivity index (χ4n) is 4.56. The quantitative estimate of drug-likeness (QED) is 0.613. The number of carbonyl (C=O) groups excluding carboxylic acids is 2. The van der Waals surface area contributed by atoms with Crippen LogP contribution in [0.4, 0.5) is 27.9 Å². The Morgan fingerprint density at radius 2 is 2.15 bits per heavy atom. The number of anilines is 1. The van der Waals surface area contributed by atoms with Crippen molar-refractivity contribution in [2.45, 2.75) is 32.0 Å². The molecular formula is C21H28F3N5O3S. The maximum absolute atomic E-state index is 13.7. The largest absolute Gasteiger partial charge is 0.486 e. The number of urea groups is 2. The summed E-state index contributed by atoms with van der Waals surface area (Å²) in [4.78, 5) is 32.4. The van der Waals surface area contributed by atoms with Gasteiger partial charge in [-0.15, -0.1) is 6.58 Å². The van der Waals surface area contributed by atoms with Crippen LogP contribution in [0.25, 0.3) is 0 Å². The number of thiazole rings is 1. The SMILES string of the molecule is C=CCC(/C=C1\C(C)N(C(=O)Nc2ncc(OC)s2)C[C@@]12CCN(C(=O)NC)C2)C(F)(F)F. The third-order valence-corrected chi connectivity index (χ3v) is 7.11. The third kappa shape index (κ3) is 5.10. The highest BCUT2D eigenvalue weighted by Crippen LogP contribution is 2.48. The number of alkyl halides is 3. The second kappa shape index (κ2) is 9.62. The van der Waals surface area contributed by atoms with Crippen LogP contribution in [-0.2, 0) is 0 Å². The first-order chi connectivity index (χ1) is 15.5. The number of aromatic nitrogens is 1. The normalized spacial score (nSPS) is 24.9. The highest BCUT2D eigenvalue weighted by Gasteiger charge is 2.53. The molecule has 2 unspecified atom stereocenters. The number of nitrogens with one attached hydrogen (secondary N) is 2. The molecule has 12 heteroatoms. The smallest absolute Gasteiger partial charge is 0.395 e. The summed E-state index contributed by atoms with van der Waals surface area (Å²) in [6, 6.07) is -1.35. The number of allylic oxidation sites excluding steroid dienone is 2. The average Bonchev–Trinajstić information content (AvgIpc) is 3.46. The predicted molar refractivity (Wildman–Crippen MR) is 119 cm³/mol. The van der Waals surface area contributed by atoms with E-state index in [1.807, 2.05) is 0 Å². The van der Waals surface area contributed by atoms with Crippen molar-refractivity contribution >= 4 is 28.5 Å². The summed E-state index contributed by atoms with van der Waals surface area (Å²) in [7, 11) is 2.99. The van der Waals surface area contributed by atoms with Crippen LogP contribution >= 0.6 is 11.3 Å². The molecule has 3 heterocycles. The van der Waals surface area contributed by atoms with E-state index in [1.165, 1.54) is 37.4 Å². The third-order valence-electron chi connectivity index (χ3n) is 6.24. The average molecular weight is 488 g/mol. The fourth-order valence-corrected chi connectivity index (χ4v) is 5.19. The van der Waals surface area contributed by atoms with Crippen LogP contribution < -0.4 is 15.4 Å². The van der Waals surface area contributed by atoms with Crippen molar-refractivity contribution in [3.8, 4) is 5.06 Å². The maximum atomic E-state index is 13.7. The molecule has 2 aliphatic rings. The zero-order chi connectivity index (χ0) is 24.4. The molecule has 3 rings (SSSR count). The summed E-state index contributed by atoms with van der Waals surface area (Å²) < 4.78 is 46.3. The first kappa shape index (κ1) is 24.9. The molecule has 2 aliphatic heterocycles. The highest BCUT2D eigenvalue weighted by atomic mass is 32.1. The van der Waals surface area contributed by atoms with Crippen LogP contribution in [0.5, 0.6) is 5.06 Å². The van der Waals surface area contributed by atoms with Crippen molar-refractivity contribution in [3.05, 3.63) is 30.5 Å². The monoisotopic (exact) mass is 487 g/mol. The zero-order valence-corrected chi connectivity index (χ0v) is 19.6. The summed E-state index contributed by atoms with van der Waals surface area (Å²) in [6.07, 6.45) is -0.298. The molecule has 8 nitrogen and oxygen atoms in total. The first-order valence-electron chi connectivity index (χ1n) is 10.5. The lowest BCUT2D eigenvalue weighted by Crippen LogP contribution is -2.40. The van der Waals surface area contributed by atoms with Gasteiger partial charge in [0, 0.05) is 32.1 Å². The van der Waals surface area contributed by atoms with Crippen LogP contribution in [0.3, 0.4) is 0 Å². The molecule has 2 saturated heterocycles. The molecule has 3 atom stereocenters. The van der Waals surface area contributed by atoms with Gasteiger partial charge in [0.05, 0.1) is 25.3 Å². The van der Waals surface area contributed by atoms with Gasteiger partial charge >= 0.3 is 18.2 Å². The Bertz CT molecular complexity index is 934. The summed E-state index contributed by atoms with van der Waals surface area (Å²) in [5.41, 5.74) is -0.237. The molecule has 4 amide bonds. The number of carbonyl (C=O) groups is 2. The van der Waals surface area contributed by atoms with Gasteiger partial charge in [-0.25, -0.2) is 14.6 Å². The van der Waals surface area contributed by atoms with Gasteiger partial charge in [0.25, 0.3) is 0 Å². The van der Waals surface area contributed by atoms with E-state index in [0.29, 0.717) is 28.7 Å².